The van der Waals surface area contributed by atoms with Crippen molar-refractivity contribution in [3.8, 4) is 0 Å². The van der Waals surface area contributed by atoms with Crippen LogP contribution in [0.5, 0.6) is 0 Å². The lowest BCUT2D eigenvalue weighted by molar-refractivity contribution is 0.0807. The van der Waals surface area contributed by atoms with Crippen molar-refractivity contribution in [2.75, 3.05) is 5.06 Å². The molecule has 2 heteroatoms. The molecule has 1 unspecified atom stereocenters. The Morgan fingerprint density at radius 3 is 2.45 bits per heavy atom. The molecule has 0 saturated heterocycles. The van der Waals surface area contributed by atoms with Gasteiger partial charge in [0.05, 0.1) is 11.2 Å². The van der Waals surface area contributed by atoms with E-state index in [2.05, 4.69) is 25.1 Å². The first-order valence-electron chi connectivity index (χ1n) is 7.39. The summed E-state index contributed by atoms with van der Waals surface area (Å²) in [4.78, 5) is 0. The van der Waals surface area contributed by atoms with Gasteiger partial charge in [-0.05, 0) is 23.6 Å². The summed E-state index contributed by atoms with van der Waals surface area (Å²) in [6.45, 7) is 2.18. The molecule has 2 aromatic rings. The molecule has 1 radical (unpaired) electrons. The molecule has 0 spiro atoms. The second kappa shape index (κ2) is 5.29. The highest BCUT2D eigenvalue weighted by molar-refractivity contribution is 5.61. The van der Waals surface area contributed by atoms with Crippen LogP contribution in [0.15, 0.2) is 54.6 Å². The van der Waals surface area contributed by atoms with Gasteiger partial charge in [0.1, 0.15) is 0 Å². The number of para-hydroxylation sites is 1. The molecule has 1 heterocycles. The number of fused-ring (bicyclic) bond motifs is 1. The molecule has 0 N–H and O–H groups in total. The normalized spacial score (nSPS) is 21.0. The van der Waals surface area contributed by atoms with Crippen molar-refractivity contribution in [2.24, 2.45) is 0 Å². The minimum Gasteiger partial charge on any atom is -0.209 e. The predicted octanol–water partition coefficient (Wildman–Crippen LogP) is 4.48. The largest absolute Gasteiger partial charge is 0.209 e. The van der Waals surface area contributed by atoms with Crippen molar-refractivity contribution < 1.29 is 5.21 Å². The number of anilines is 1. The minimum atomic E-state index is -0.416. The van der Waals surface area contributed by atoms with E-state index >= 15 is 0 Å². The van der Waals surface area contributed by atoms with Crippen LogP contribution in [0.3, 0.4) is 0 Å². The maximum Gasteiger partial charge on any atom is 0.0994 e. The van der Waals surface area contributed by atoms with E-state index in [9.17, 15) is 5.21 Å². The number of nitrogens with zero attached hydrogens (tertiary/aromatic N) is 1. The second-order valence-electron chi connectivity index (χ2n) is 5.60. The predicted molar refractivity (Wildman–Crippen MR) is 81.0 cm³/mol. The van der Waals surface area contributed by atoms with Crippen molar-refractivity contribution in [3.05, 3.63) is 65.7 Å². The van der Waals surface area contributed by atoms with E-state index in [4.69, 9.17) is 0 Å². The topological polar surface area (TPSA) is 23.1 Å². The first-order valence-corrected chi connectivity index (χ1v) is 7.39. The van der Waals surface area contributed by atoms with Crippen molar-refractivity contribution in [1.29, 1.82) is 0 Å². The minimum absolute atomic E-state index is 0.416. The summed E-state index contributed by atoms with van der Waals surface area (Å²) in [7, 11) is 0. The van der Waals surface area contributed by atoms with Crippen molar-refractivity contribution in [2.45, 2.75) is 38.1 Å². The van der Waals surface area contributed by atoms with Gasteiger partial charge in [0.2, 0.25) is 0 Å². The highest BCUT2D eigenvalue weighted by atomic mass is 16.5. The van der Waals surface area contributed by atoms with E-state index in [1.54, 1.807) is 0 Å². The van der Waals surface area contributed by atoms with Gasteiger partial charge in [-0.15, -0.1) is 0 Å². The van der Waals surface area contributed by atoms with Crippen LogP contribution >= 0.6 is 0 Å². The van der Waals surface area contributed by atoms with Gasteiger partial charge in [0, 0.05) is 6.42 Å². The summed E-state index contributed by atoms with van der Waals surface area (Å²) in [5, 5.41) is 14.2. The van der Waals surface area contributed by atoms with Crippen LogP contribution in [0.4, 0.5) is 5.69 Å². The lowest BCUT2D eigenvalue weighted by atomic mass is 9.82. The molecule has 2 aromatic carbocycles. The first kappa shape index (κ1) is 13.2. The molecule has 103 valence electrons. The number of hydrogen-bond donors (Lipinski definition) is 0. The number of hydroxylamine groups is 1. The van der Waals surface area contributed by atoms with Crippen LogP contribution in [0.2, 0.25) is 0 Å². The zero-order chi connectivity index (χ0) is 14.0. The summed E-state index contributed by atoms with van der Waals surface area (Å²) < 4.78 is 0. The molecule has 0 aliphatic carbocycles. The summed E-state index contributed by atoms with van der Waals surface area (Å²) in [6.07, 6.45) is 3.91. The van der Waals surface area contributed by atoms with Gasteiger partial charge < -0.3 is 0 Å². The number of hydrogen-bond acceptors (Lipinski definition) is 1. The van der Waals surface area contributed by atoms with Crippen LogP contribution in [0, 0.1) is 0 Å². The Labute approximate surface area is 120 Å². The number of unbranched alkanes of at least 4 members (excludes halogenated alkanes) is 1. The fourth-order valence-corrected chi connectivity index (χ4v) is 3.25. The molecule has 0 saturated carbocycles. The maximum atomic E-state index is 12.9. The molecule has 20 heavy (non-hydrogen) atoms. The number of rotatable bonds is 4. The molecule has 2 nitrogen and oxygen atoms in total. The van der Waals surface area contributed by atoms with Crippen LogP contribution in [0.1, 0.15) is 37.3 Å². The molecule has 1 aliphatic heterocycles. The molecule has 0 bridgehead atoms. The van der Waals surface area contributed by atoms with Crippen LogP contribution in [-0.2, 0) is 17.2 Å². The average molecular weight is 266 g/mol. The summed E-state index contributed by atoms with van der Waals surface area (Å²) in [5.41, 5.74) is 2.73. The summed E-state index contributed by atoms with van der Waals surface area (Å²) >= 11 is 0. The van der Waals surface area contributed by atoms with Crippen molar-refractivity contribution in [3.63, 3.8) is 0 Å². The van der Waals surface area contributed by atoms with E-state index in [-0.39, 0.29) is 0 Å². The molecular weight excluding hydrogens is 246 g/mol. The zero-order valence-corrected chi connectivity index (χ0v) is 11.9. The summed E-state index contributed by atoms with van der Waals surface area (Å²) in [5.74, 6) is 0. The molecule has 0 amide bonds. The van der Waals surface area contributed by atoms with Crippen LogP contribution in [0.25, 0.3) is 0 Å². The monoisotopic (exact) mass is 266 g/mol. The molecular formula is C18H20NO. The fraction of sp³-hybridized carbons (Fsp3) is 0.333. The Balaban J connectivity index is 2.05. The van der Waals surface area contributed by atoms with Gasteiger partial charge in [0.15, 0.2) is 0 Å². The Bertz CT molecular complexity index is 581. The standard InChI is InChI=1S/C18H20NO/c1-2-3-13-18(16-10-5-4-6-11-16)14-15-9-7-8-12-17(15)19(18)20/h4-12H,2-3,13-14H2,1H3. The third kappa shape index (κ3) is 2.01. The molecule has 0 fully saturated rings. The Morgan fingerprint density at radius 2 is 1.75 bits per heavy atom. The van der Waals surface area contributed by atoms with E-state index in [1.165, 1.54) is 10.6 Å². The first-order chi connectivity index (χ1) is 9.78. The second-order valence-corrected chi connectivity index (χ2v) is 5.60. The fourth-order valence-electron chi connectivity index (χ4n) is 3.25. The quantitative estimate of drug-likeness (QED) is 0.800. The maximum absolute atomic E-state index is 12.9. The third-order valence-electron chi connectivity index (χ3n) is 4.34. The van der Waals surface area contributed by atoms with Crippen LogP contribution < -0.4 is 5.06 Å². The Morgan fingerprint density at radius 1 is 1.05 bits per heavy atom. The Kier molecular flexibility index (Phi) is 3.49. The summed E-state index contributed by atoms with van der Waals surface area (Å²) in [6, 6.07) is 18.2. The lowest BCUT2D eigenvalue weighted by Gasteiger charge is -2.34. The van der Waals surface area contributed by atoms with Crippen molar-refractivity contribution in [1.82, 2.24) is 0 Å². The molecule has 0 aromatic heterocycles. The molecule has 3 rings (SSSR count). The lowest BCUT2D eigenvalue weighted by Crippen LogP contribution is -2.41. The van der Waals surface area contributed by atoms with Crippen molar-refractivity contribution >= 4 is 5.69 Å². The van der Waals surface area contributed by atoms with Gasteiger partial charge in [-0.2, -0.15) is 0 Å². The van der Waals surface area contributed by atoms with Gasteiger partial charge in [-0.3, -0.25) is 0 Å². The van der Waals surface area contributed by atoms with Gasteiger partial charge in [-0.1, -0.05) is 73.5 Å². The highest BCUT2D eigenvalue weighted by Gasteiger charge is 2.45. The smallest absolute Gasteiger partial charge is 0.0994 e. The van der Waals surface area contributed by atoms with E-state index in [0.29, 0.717) is 0 Å². The van der Waals surface area contributed by atoms with E-state index in [0.717, 1.165) is 36.9 Å². The average Bonchev–Trinajstić information content (AvgIpc) is 2.80. The molecule has 1 aliphatic rings. The third-order valence-corrected chi connectivity index (χ3v) is 4.34. The van der Waals surface area contributed by atoms with E-state index in [1.807, 2.05) is 36.4 Å². The molecule has 1 atom stereocenters. The van der Waals surface area contributed by atoms with Gasteiger partial charge >= 0.3 is 0 Å². The Hall–Kier alpha value is -1.80. The number of benzene rings is 2. The van der Waals surface area contributed by atoms with E-state index < -0.39 is 5.54 Å². The van der Waals surface area contributed by atoms with Gasteiger partial charge in [0.25, 0.3) is 0 Å². The van der Waals surface area contributed by atoms with Crippen LogP contribution in [-0.4, -0.2) is 0 Å². The SMILES string of the molecule is CCCCC1(c2ccccc2)Cc2ccccc2N1[O]. The van der Waals surface area contributed by atoms with Gasteiger partial charge in [-0.25, -0.2) is 5.06 Å². The zero-order valence-electron chi connectivity index (χ0n) is 11.9. The highest BCUT2D eigenvalue weighted by Crippen LogP contribution is 2.46.